The Hall–Kier alpha value is -5.90. The lowest BCUT2D eigenvalue weighted by Crippen LogP contribution is -2.31. The van der Waals surface area contributed by atoms with Crippen LogP contribution in [0.4, 0.5) is 17.1 Å². The predicted molar refractivity (Wildman–Crippen MR) is 200 cm³/mol. The summed E-state index contributed by atoms with van der Waals surface area (Å²) in [5.41, 5.74) is 15.5. The molecule has 236 valence electrons. The van der Waals surface area contributed by atoms with E-state index < -0.39 is 0 Å². The number of hydrogen-bond donors (Lipinski definition) is 0. The van der Waals surface area contributed by atoms with Gasteiger partial charge in [0.05, 0.1) is 22.5 Å². The fourth-order valence-electron chi connectivity index (χ4n) is 8.53. The lowest BCUT2D eigenvalue weighted by molar-refractivity contribution is 0.631. The van der Waals surface area contributed by atoms with Gasteiger partial charge < -0.3 is 4.90 Å². The van der Waals surface area contributed by atoms with Crippen molar-refractivity contribution in [1.29, 1.82) is 10.5 Å². The molecular weight excluding hydrogens is 595 g/mol. The van der Waals surface area contributed by atoms with Crippen LogP contribution >= 0.6 is 0 Å². The molecule has 0 fully saturated rings. The van der Waals surface area contributed by atoms with Gasteiger partial charge in [-0.15, -0.1) is 0 Å². The minimum atomic E-state index is -0.378. The van der Waals surface area contributed by atoms with Gasteiger partial charge in [-0.3, -0.25) is 0 Å². The molecule has 6 aromatic rings. The van der Waals surface area contributed by atoms with Crippen LogP contribution in [0.15, 0.2) is 127 Å². The number of hydrogen-bond acceptors (Lipinski definition) is 3. The molecule has 0 N–H and O–H groups in total. The van der Waals surface area contributed by atoms with E-state index in [2.05, 4.69) is 166 Å². The second kappa shape index (κ2) is 11.4. The van der Waals surface area contributed by atoms with Gasteiger partial charge in [-0.05, 0) is 92.7 Å². The molecule has 1 aliphatic heterocycles. The van der Waals surface area contributed by atoms with Crippen LogP contribution in [0.3, 0.4) is 0 Å². The van der Waals surface area contributed by atoms with Crippen molar-refractivity contribution < 1.29 is 0 Å². The summed E-state index contributed by atoms with van der Waals surface area (Å²) < 4.78 is 0. The van der Waals surface area contributed by atoms with Crippen molar-refractivity contribution >= 4 is 17.1 Å². The van der Waals surface area contributed by atoms with Crippen molar-refractivity contribution in [2.45, 2.75) is 51.4 Å². The number of anilines is 3. The van der Waals surface area contributed by atoms with Crippen LogP contribution in [0.1, 0.15) is 72.2 Å². The van der Waals surface area contributed by atoms with Gasteiger partial charge in [-0.2, -0.15) is 10.5 Å². The summed E-state index contributed by atoms with van der Waals surface area (Å²) in [6.07, 6.45) is 1.29. The normalized spacial score (nSPS) is 15.0. The molecular formula is C46H37N3. The van der Waals surface area contributed by atoms with Gasteiger partial charge in [0.1, 0.15) is 12.1 Å². The van der Waals surface area contributed by atoms with Crippen LogP contribution in [-0.2, 0) is 23.7 Å². The Morgan fingerprint density at radius 3 is 1.47 bits per heavy atom. The molecule has 0 unspecified atom stereocenters. The van der Waals surface area contributed by atoms with Gasteiger partial charge in [0, 0.05) is 16.5 Å². The summed E-state index contributed by atoms with van der Waals surface area (Å²) in [5, 5.41) is 20.7. The molecule has 2 aliphatic rings. The molecule has 0 saturated heterocycles. The molecule has 0 saturated carbocycles. The van der Waals surface area contributed by atoms with E-state index in [4.69, 9.17) is 0 Å². The SMILES string of the molecule is CC1(C)c2ccccc2-c2cccc(N3c4ccccc4C(C)(C)c4ccccc43)c2CCc2c(ccc(C#N)c2C#N)-c2ccccc21. The molecule has 0 radical (unpaired) electrons. The maximum atomic E-state index is 10.6. The largest absolute Gasteiger partial charge is 0.310 e. The number of benzene rings is 6. The van der Waals surface area contributed by atoms with Crippen molar-refractivity contribution in [3.05, 3.63) is 172 Å². The standard InChI is InChI=1S/C46H37N3/c1-45(2)38-17-7-5-14-34(38)31-16-13-23-42(49-43-21-11-9-19-40(43)46(3,4)41-20-10-12-22-44(41)49)36(31)27-26-33-32(35-15-6-8-18-39(35)45)25-24-30(28-47)37(33)29-48/h5-25H,26-27H2,1-4H3. The van der Waals surface area contributed by atoms with Gasteiger partial charge >= 0.3 is 0 Å². The van der Waals surface area contributed by atoms with Crippen LogP contribution in [0, 0.1) is 22.7 Å². The highest BCUT2D eigenvalue weighted by Gasteiger charge is 2.38. The van der Waals surface area contributed by atoms with Gasteiger partial charge in [-0.1, -0.05) is 131 Å². The molecule has 3 nitrogen and oxygen atoms in total. The summed E-state index contributed by atoms with van der Waals surface area (Å²) >= 11 is 0. The van der Waals surface area contributed by atoms with E-state index in [-0.39, 0.29) is 10.8 Å². The zero-order valence-corrected chi connectivity index (χ0v) is 28.4. The summed E-state index contributed by atoms with van der Waals surface area (Å²) in [7, 11) is 0. The Morgan fingerprint density at radius 2 is 0.898 bits per heavy atom. The highest BCUT2D eigenvalue weighted by atomic mass is 15.2. The quantitative estimate of drug-likeness (QED) is 0.181. The average molecular weight is 632 g/mol. The maximum absolute atomic E-state index is 10.6. The molecule has 1 heterocycles. The Kier molecular flexibility index (Phi) is 7.06. The van der Waals surface area contributed by atoms with Crippen LogP contribution in [0.25, 0.3) is 22.3 Å². The monoisotopic (exact) mass is 631 g/mol. The molecule has 0 bridgehead atoms. The van der Waals surface area contributed by atoms with E-state index in [0.717, 1.165) is 22.4 Å². The molecule has 6 aromatic carbocycles. The summed E-state index contributed by atoms with van der Waals surface area (Å²) in [6, 6.07) is 50.3. The first-order valence-corrected chi connectivity index (χ1v) is 17.0. The zero-order chi connectivity index (χ0) is 33.9. The highest BCUT2D eigenvalue weighted by Crippen LogP contribution is 2.54. The topological polar surface area (TPSA) is 50.8 Å². The fourth-order valence-corrected chi connectivity index (χ4v) is 8.53. The molecule has 0 spiro atoms. The average Bonchev–Trinajstić information content (AvgIpc) is 3.14. The van der Waals surface area contributed by atoms with Crippen LogP contribution in [-0.4, -0.2) is 0 Å². The molecule has 0 aromatic heterocycles. The van der Waals surface area contributed by atoms with Crippen LogP contribution in [0.5, 0.6) is 0 Å². The second-order valence-corrected chi connectivity index (χ2v) is 14.3. The fraction of sp³-hybridized carbons (Fsp3) is 0.174. The molecule has 3 heteroatoms. The van der Waals surface area contributed by atoms with E-state index in [1.54, 1.807) is 0 Å². The molecule has 0 amide bonds. The number of nitriles is 2. The van der Waals surface area contributed by atoms with Gasteiger partial charge in [0.2, 0.25) is 0 Å². The summed E-state index contributed by atoms with van der Waals surface area (Å²) in [6.45, 7) is 9.25. The Balaban J connectivity index is 1.47. The molecule has 49 heavy (non-hydrogen) atoms. The molecule has 1 aliphatic carbocycles. The lowest BCUT2D eigenvalue weighted by Gasteiger charge is -2.42. The minimum absolute atomic E-state index is 0.170. The maximum Gasteiger partial charge on any atom is 0.101 e. The first-order chi connectivity index (χ1) is 23.8. The van der Waals surface area contributed by atoms with Gasteiger partial charge in [0.15, 0.2) is 0 Å². The van der Waals surface area contributed by atoms with Gasteiger partial charge in [0.25, 0.3) is 0 Å². The predicted octanol–water partition coefficient (Wildman–Crippen LogP) is 11.3. The van der Waals surface area contributed by atoms with Crippen molar-refractivity contribution in [2.24, 2.45) is 0 Å². The summed E-state index contributed by atoms with van der Waals surface area (Å²) in [5.74, 6) is 0. The number of fused-ring (bicyclic) bond motifs is 8. The number of para-hydroxylation sites is 2. The zero-order valence-electron chi connectivity index (χ0n) is 28.4. The number of rotatable bonds is 1. The smallest absolute Gasteiger partial charge is 0.101 e. The van der Waals surface area contributed by atoms with E-state index in [1.165, 1.54) is 50.3 Å². The van der Waals surface area contributed by atoms with Crippen molar-refractivity contribution in [1.82, 2.24) is 0 Å². The molecule has 0 atom stereocenters. The first-order valence-electron chi connectivity index (χ1n) is 17.0. The minimum Gasteiger partial charge on any atom is -0.310 e. The van der Waals surface area contributed by atoms with Gasteiger partial charge in [-0.25, -0.2) is 0 Å². The third kappa shape index (κ3) is 4.54. The Morgan fingerprint density at radius 1 is 0.449 bits per heavy atom. The van der Waals surface area contributed by atoms with E-state index in [9.17, 15) is 10.5 Å². The van der Waals surface area contributed by atoms with Crippen molar-refractivity contribution in [3.63, 3.8) is 0 Å². The number of nitrogens with zero attached hydrogens (tertiary/aromatic N) is 3. The third-order valence-corrected chi connectivity index (χ3v) is 11.0. The van der Waals surface area contributed by atoms with E-state index in [1.807, 2.05) is 6.07 Å². The summed E-state index contributed by atoms with van der Waals surface area (Å²) in [4.78, 5) is 2.45. The molecule has 8 rings (SSSR count). The van der Waals surface area contributed by atoms with Crippen molar-refractivity contribution in [3.8, 4) is 34.4 Å². The third-order valence-electron chi connectivity index (χ3n) is 11.0. The Bertz CT molecular complexity index is 2330. The van der Waals surface area contributed by atoms with Crippen LogP contribution in [0.2, 0.25) is 0 Å². The highest BCUT2D eigenvalue weighted by molar-refractivity contribution is 5.90. The van der Waals surface area contributed by atoms with Crippen molar-refractivity contribution in [2.75, 3.05) is 4.90 Å². The Labute approximate surface area is 289 Å². The second-order valence-electron chi connectivity index (χ2n) is 14.3. The first kappa shape index (κ1) is 30.4. The van der Waals surface area contributed by atoms with E-state index in [0.29, 0.717) is 24.0 Å². The van der Waals surface area contributed by atoms with Crippen LogP contribution < -0.4 is 4.90 Å². The lowest BCUT2D eigenvalue weighted by atomic mass is 9.72. The van der Waals surface area contributed by atoms with E-state index >= 15 is 0 Å².